The number of hydrogen-bond donors (Lipinski definition) is 2. The molecule has 1 unspecified atom stereocenters. The van der Waals surface area contributed by atoms with Crippen LogP contribution in [0.15, 0.2) is 48.5 Å². The number of β-amino-alcohol motifs (C(OH)–C–C–N with tert-alkyl or cyclic N) is 1. The van der Waals surface area contributed by atoms with Gasteiger partial charge in [0, 0.05) is 74.0 Å². The zero-order valence-electron chi connectivity index (χ0n) is 23.7. The van der Waals surface area contributed by atoms with E-state index >= 15 is 0 Å². The number of aliphatic hydroxyl groups is 1. The van der Waals surface area contributed by atoms with Crippen molar-refractivity contribution in [3.8, 4) is 0 Å². The Labute approximate surface area is 236 Å². The number of piperidine rings is 1. The first-order valence-corrected chi connectivity index (χ1v) is 14.5. The number of nitrogens with zero attached hydrogens (tertiary/aromatic N) is 3. The van der Waals surface area contributed by atoms with Crippen molar-refractivity contribution in [1.29, 1.82) is 0 Å². The maximum absolute atomic E-state index is 13.4. The van der Waals surface area contributed by atoms with Gasteiger partial charge in [-0.2, -0.15) is 0 Å². The molecule has 3 aromatic rings. The fourth-order valence-electron chi connectivity index (χ4n) is 6.54. The number of aromatic nitrogens is 1. The molecule has 0 saturated carbocycles. The first-order chi connectivity index (χ1) is 19.4. The number of para-hydroxylation sites is 1. The lowest BCUT2D eigenvalue weighted by molar-refractivity contribution is -0.132. The molecule has 0 bridgehead atoms. The first kappa shape index (κ1) is 28.3. The Bertz CT molecular complexity index is 1330. The van der Waals surface area contributed by atoms with E-state index in [1.807, 2.05) is 29.2 Å². The van der Waals surface area contributed by atoms with Crippen molar-refractivity contribution in [3.63, 3.8) is 0 Å². The average molecular weight is 547 g/mol. The first-order valence-electron chi connectivity index (χ1n) is 14.5. The summed E-state index contributed by atoms with van der Waals surface area (Å²) < 4.78 is 7.78. The molecule has 0 aliphatic carbocycles. The normalized spacial score (nSPS) is 20.4. The number of carbonyl (C=O) groups excluding carboxylic acids is 2. The lowest BCUT2D eigenvalue weighted by atomic mass is 9.91. The van der Waals surface area contributed by atoms with Gasteiger partial charge in [0.1, 0.15) is 0 Å². The number of aliphatic hydroxyl groups excluding tert-OH is 1. The molecule has 0 radical (unpaired) electrons. The van der Waals surface area contributed by atoms with Crippen LogP contribution in [0, 0.1) is 6.92 Å². The smallest absolute Gasteiger partial charge is 0.229 e. The summed E-state index contributed by atoms with van der Waals surface area (Å²) in [7, 11) is 1.74. The lowest BCUT2D eigenvalue weighted by Crippen LogP contribution is -2.42. The van der Waals surface area contributed by atoms with Gasteiger partial charge in [0.25, 0.3) is 0 Å². The van der Waals surface area contributed by atoms with E-state index in [2.05, 4.69) is 35.8 Å². The highest BCUT2D eigenvalue weighted by atomic mass is 16.5. The number of likely N-dealkylation sites (tertiary alicyclic amines) is 1. The zero-order chi connectivity index (χ0) is 28.2. The number of nitrogens with two attached hydrogens (primary N) is 1. The molecule has 2 aliphatic rings. The van der Waals surface area contributed by atoms with E-state index in [4.69, 9.17) is 10.5 Å². The zero-order valence-corrected chi connectivity index (χ0v) is 23.7. The van der Waals surface area contributed by atoms with Gasteiger partial charge in [-0.25, -0.2) is 0 Å². The standard InChI is InChI=1S/C32H42N4O4/c1-22-28-8-3-4-9-29(28)35(15-6-16-40-2)32(22)24-7-5-14-34(20-24)30(38)18-25(33)17-23-10-12-26(13-11-23)36-21-27(37)19-31(36)39/h3-4,8-13,24-25,27,37H,5-7,14-21,33H2,1-2H3/t24?,25-,27-/m1/s1. The molecule has 0 spiro atoms. The molecule has 2 aromatic carbocycles. The Morgan fingerprint density at radius 2 is 1.93 bits per heavy atom. The Morgan fingerprint density at radius 1 is 1.15 bits per heavy atom. The van der Waals surface area contributed by atoms with Crippen LogP contribution >= 0.6 is 0 Å². The number of rotatable bonds is 10. The molecule has 2 fully saturated rings. The van der Waals surface area contributed by atoms with E-state index in [1.165, 1.54) is 22.2 Å². The highest BCUT2D eigenvalue weighted by Gasteiger charge is 2.31. The van der Waals surface area contributed by atoms with Gasteiger partial charge in [-0.3, -0.25) is 9.59 Å². The fraction of sp³-hybridized carbons (Fsp3) is 0.500. The van der Waals surface area contributed by atoms with Gasteiger partial charge in [-0.1, -0.05) is 30.3 Å². The van der Waals surface area contributed by atoms with Crippen molar-refractivity contribution in [1.82, 2.24) is 9.47 Å². The van der Waals surface area contributed by atoms with Crippen molar-refractivity contribution < 1.29 is 19.4 Å². The van der Waals surface area contributed by atoms with Crippen molar-refractivity contribution >= 4 is 28.4 Å². The number of anilines is 1. The molecular formula is C32H42N4O4. The van der Waals surface area contributed by atoms with Crippen LogP contribution in [0.1, 0.15) is 54.8 Å². The second kappa shape index (κ2) is 12.5. The molecule has 40 heavy (non-hydrogen) atoms. The largest absolute Gasteiger partial charge is 0.391 e. The molecule has 2 saturated heterocycles. The molecule has 2 amide bonds. The predicted molar refractivity (Wildman–Crippen MR) is 157 cm³/mol. The maximum Gasteiger partial charge on any atom is 0.229 e. The van der Waals surface area contributed by atoms with Crippen LogP contribution in [0.5, 0.6) is 0 Å². The predicted octanol–water partition coefficient (Wildman–Crippen LogP) is 3.75. The van der Waals surface area contributed by atoms with Crippen molar-refractivity contribution in [3.05, 3.63) is 65.4 Å². The highest BCUT2D eigenvalue weighted by molar-refractivity contribution is 5.96. The third kappa shape index (κ3) is 6.09. The van der Waals surface area contributed by atoms with Gasteiger partial charge in [-0.15, -0.1) is 0 Å². The Hall–Kier alpha value is -3.20. The molecule has 5 rings (SSSR count). The number of carbonyl (C=O) groups is 2. The fourth-order valence-corrected chi connectivity index (χ4v) is 6.54. The van der Waals surface area contributed by atoms with E-state index in [9.17, 15) is 14.7 Å². The second-order valence-electron chi connectivity index (χ2n) is 11.4. The minimum Gasteiger partial charge on any atom is -0.391 e. The summed E-state index contributed by atoms with van der Waals surface area (Å²) >= 11 is 0. The van der Waals surface area contributed by atoms with Crippen LogP contribution in [0.25, 0.3) is 10.9 Å². The molecule has 3 heterocycles. The molecule has 214 valence electrons. The summed E-state index contributed by atoms with van der Waals surface area (Å²) in [6.45, 7) is 5.66. The third-order valence-electron chi connectivity index (χ3n) is 8.45. The van der Waals surface area contributed by atoms with Gasteiger partial charge in [0.15, 0.2) is 0 Å². The molecule has 8 heteroatoms. The molecule has 3 atom stereocenters. The summed E-state index contributed by atoms with van der Waals surface area (Å²) in [4.78, 5) is 29.1. The quantitative estimate of drug-likeness (QED) is 0.377. The average Bonchev–Trinajstić information content (AvgIpc) is 3.44. The molecule has 2 aliphatic heterocycles. The summed E-state index contributed by atoms with van der Waals surface area (Å²) in [5.74, 6) is 0.348. The number of benzene rings is 2. The van der Waals surface area contributed by atoms with Crippen LogP contribution in [0.4, 0.5) is 5.69 Å². The van der Waals surface area contributed by atoms with E-state index in [0.29, 0.717) is 25.3 Å². The summed E-state index contributed by atoms with van der Waals surface area (Å²) in [6.07, 6.45) is 3.46. The van der Waals surface area contributed by atoms with Crippen LogP contribution in [0.2, 0.25) is 0 Å². The summed E-state index contributed by atoms with van der Waals surface area (Å²) in [5, 5.41) is 11.0. The highest BCUT2D eigenvalue weighted by Crippen LogP contribution is 2.36. The van der Waals surface area contributed by atoms with Gasteiger partial charge in [0.2, 0.25) is 11.8 Å². The lowest BCUT2D eigenvalue weighted by Gasteiger charge is -2.34. The number of hydrogen-bond acceptors (Lipinski definition) is 5. The maximum atomic E-state index is 13.4. The number of fused-ring (bicyclic) bond motifs is 1. The minimum atomic E-state index is -0.607. The molecule has 8 nitrogen and oxygen atoms in total. The Kier molecular flexibility index (Phi) is 8.88. The Morgan fingerprint density at radius 3 is 2.65 bits per heavy atom. The number of aryl methyl sites for hydroxylation is 2. The Balaban J connectivity index is 1.22. The van der Waals surface area contributed by atoms with Crippen molar-refractivity contribution in [2.75, 3.05) is 38.3 Å². The SMILES string of the molecule is COCCCn1c(C2CCCN(C(=O)C[C@H](N)Cc3ccc(N4C[C@H](O)CC4=O)cc3)C2)c(C)c2ccccc21. The van der Waals surface area contributed by atoms with Gasteiger partial charge in [-0.05, 0) is 61.9 Å². The topological polar surface area (TPSA) is 101 Å². The number of amides is 2. The summed E-state index contributed by atoms with van der Waals surface area (Å²) in [6, 6.07) is 16.0. The van der Waals surface area contributed by atoms with Gasteiger partial charge in [0.05, 0.1) is 19.1 Å². The molecular weight excluding hydrogens is 504 g/mol. The van der Waals surface area contributed by atoms with Gasteiger partial charge >= 0.3 is 0 Å². The second-order valence-corrected chi connectivity index (χ2v) is 11.4. The van der Waals surface area contributed by atoms with Crippen LogP contribution in [-0.4, -0.2) is 71.9 Å². The number of ether oxygens (including phenoxy) is 1. The van der Waals surface area contributed by atoms with E-state index in [1.54, 1.807) is 12.0 Å². The van der Waals surface area contributed by atoms with Crippen molar-refractivity contribution in [2.24, 2.45) is 5.73 Å². The van der Waals surface area contributed by atoms with Crippen LogP contribution in [-0.2, 0) is 27.3 Å². The number of methoxy groups -OCH3 is 1. The van der Waals surface area contributed by atoms with E-state index < -0.39 is 6.10 Å². The van der Waals surface area contributed by atoms with E-state index in [0.717, 1.165) is 56.8 Å². The van der Waals surface area contributed by atoms with Crippen LogP contribution < -0.4 is 10.6 Å². The molecule has 3 N–H and O–H groups in total. The van der Waals surface area contributed by atoms with Crippen molar-refractivity contribution in [2.45, 2.75) is 70.1 Å². The third-order valence-corrected chi connectivity index (χ3v) is 8.45. The van der Waals surface area contributed by atoms with Gasteiger partial charge < -0.3 is 29.9 Å². The summed E-state index contributed by atoms with van der Waals surface area (Å²) in [5.41, 5.74) is 12.2. The monoisotopic (exact) mass is 546 g/mol. The minimum absolute atomic E-state index is 0.0621. The molecule has 1 aromatic heterocycles. The van der Waals surface area contributed by atoms with E-state index in [-0.39, 0.29) is 24.3 Å². The van der Waals surface area contributed by atoms with Crippen LogP contribution in [0.3, 0.4) is 0 Å².